The van der Waals surface area contributed by atoms with Gasteiger partial charge in [0.25, 0.3) is 0 Å². The predicted molar refractivity (Wildman–Crippen MR) is 79.5 cm³/mol. The molecule has 1 aliphatic rings. The first-order chi connectivity index (χ1) is 9.67. The minimum absolute atomic E-state index is 0.0267. The van der Waals surface area contributed by atoms with Crippen molar-refractivity contribution in [3.05, 3.63) is 58.3 Å². The second kappa shape index (κ2) is 5.38. The zero-order valence-electron chi connectivity index (χ0n) is 10.5. The van der Waals surface area contributed by atoms with Gasteiger partial charge in [-0.25, -0.2) is 13.4 Å². The van der Waals surface area contributed by atoms with Crippen LogP contribution in [0.5, 0.6) is 0 Å². The summed E-state index contributed by atoms with van der Waals surface area (Å²) in [6, 6.07) is 12.9. The van der Waals surface area contributed by atoms with Crippen LogP contribution in [-0.4, -0.2) is 20.2 Å². The lowest BCUT2D eigenvalue weighted by Gasteiger charge is -2.16. The van der Waals surface area contributed by atoms with Gasteiger partial charge in [0, 0.05) is 4.88 Å². The van der Waals surface area contributed by atoms with Crippen LogP contribution in [0.15, 0.2) is 52.8 Å². The summed E-state index contributed by atoms with van der Waals surface area (Å²) in [6.45, 7) is 0. The third-order valence-corrected chi connectivity index (χ3v) is 5.85. The zero-order chi connectivity index (χ0) is 14.0. The Kier molecular flexibility index (Phi) is 3.58. The van der Waals surface area contributed by atoms with Gasteiger partial charge in [0.2, 0.25) is 0 Å². The molecule has 0 unspecified atom stereocenters. The van der Waals surface area contributed by atoms with E-state index in [1.54, 1.807) is 12.1 Å². The Hall–Kier alpha value is -1.66. The molecule has 0 spiro atoms. The quantitative estimate of drug-likeness (QED) is 0.872. The lowest BCUT2D eigenvalue weighted by atomic mass is 10.2. The highest BCUT2D eigenvalue weighted by molar-refractivity contribution is 7.91. The lowest BCUT2D eigenvalue weighted by molar-refractivity contribution is 0.231. The van der Waals surface area contributed by atoms with Crippen LogP contribution in [0.4, 0.5) is 0 Å². The molecule has 0 bridgehead atoms. The Morgan fingerprint density at radius 2 is 1.95 bits per heavy atom. The molecule has 1 aromatic heterocycles. The first-order valence-electron chi connectivity index (χ1n) is 6.13. The van der Waals surface area contributed by atoms with Crippen LogP contribution in [0.2, 0.25) is 0 Å². The van der Waals surface area contributed by atoms with Crippen LogP contribution >= 0.6 is 11.3 Å². The summed E-state index contributed by atoms with van der Waals surface area (Å²) in [4.78, 5) is 4.89. The monoisotopic (exact) mass is 307 g/mol. The molecule has 2 atom stereocenters. The van der Waals surface area contributed by atoms with Crippen molar-refractivity contribution in [3.8, 4) is 0 Å². The van der Waals surface area contributed by atoms with Crippen molar-refractivity contribution < 1.29 is 13.2 Å². The largest absolute Gasteiger partial charge is 0.471 e. The number of sulfone groups is 1. The number of nitrogens with zero attached hydrogens (tertiary/aromatic N) is 1. The van der Waals surface area contributed by atoms with E-state index in [4.69, 9.17) is 4.74 Å². The topological polar surface area (TPSA) is 55.7 Å². The van der Waals surface area contributed by atoms with E-state index in [9.17, 15) is 8.42 Å². The van der Waals surface area contributed by atoms with Crippen LogP contribution in [-0.2, 0) is 20.3 Å². The maximum Gasteiger partial charge on any atom is 0.196 e. The Morgan fingerprint density at radius 1 is 1.15 bits per heavy atom. The van der Waals surface area contributed by atoms with Crippen molar-refractivity contribution in [1.82, 2.24) is 0 Å². The fourth-order valence-corrected chi connectivity index (χ4v) is 4.67. The predicted octanol–water partition coefficient (Wildman–Crippen LogP) is 2.79. The van der Waals surface area contributed by atoms with Gasteiger partial charge in [-0.05, 0) is 17.0 Å². The molecule has 1 aromatic carbocycles. The number of thiophene rings is 1. The van der Waals surface area contributed by atoms with Gasteiger partial charge >= 0.3 is 0 Å². The Bertz CT molecular complexity index is 693. The highest BCUT2D eigenvalue weighted by Crippen LogP contribution is 2.34. The molecule has 0 fully saturated rings. The smallest absolute Gasteiger partial charge is 0.196 e. The zero-order valence-corrected chi connectivity index (χ0v) is 12.2. The molecule has 4 nitrogen and oxygen atoms in total. The van der Waals surface area contributed by atoms with Gasteiger partial charge in [-0.2, -0.15) is 0 Å². The summed E-state index contributed by atoms with van der Waals surface area (Å²) in [6.07, 6.45) is 0.723. The minimum atomic E-state index is -3.40. The van der Waals surface area contributed by atoms with Gasteiger partial charge in [-0.1, -0.05) is 36.4 Å². The number of hydrogen-bond donors (Lipinski definition) is 0. The molecule has 2 aromatic rings. The van der Waals surface area contributed by atoms with Crippen molar-refractivity contribution >= 4 is 27.6 Å². The van der Waals surface area contributed by atoms with Gasteiger partial charge in [-0.15, -0.1) is 11.3 Å². The molecule has 2 heterocycles. The molecule has 0 saturated carbocycles. The number of rotatable bonds is 4. The van der Waals surface area contributed by atoms with E-state index in [0.29, 0.717) is 0 Å². The molecule has 0 aliphatic carbocycles. The van der Waals surface area contributed by atoms with Gasteiger partial charge in [-0.3, -0.25) is 0 Å². The molecule has 3 rings (SSSR count). The van der Waals surface area contributed by atoms with E-state index >= 15 is 0 Å². The average molecular weight is 307 g/mol. The highest BCUT2D eigenvalue weighted by atomic mass is 32.2. The average Bonchev–Trinajstić information content (AvgIpc) is 3.10. The Labute approximate surface area is 121 Å². The Balaban J connectivity index is 1.85. The Morgan fingerprint density at radius 3 is 2.65 bits per heavy atom. The van der Waals surface area contributed by atoms with E-state index in [-0.39, 0.29) is 5.75 Å². The van der Waals surface area contributed by atoms with E-state index < -0.39 is 21.3 Å². The summed E-state index contributed by atoms with van der Waals surface area (Å²) >= 11 is 1.48. The normalized spacial score (nSPS) is 21.8. The standard InChI is InChI=1S/C14H13NO3S2/c16-20(17,9-11-5-2-1-3-6-11)14-13(18-10-15-14)12-7-4-8-19-12/h1-8,10,13-14H,9H2/t13-,14+/m0/s1. The van der Waals surface area contributed by atoms with Crippen molar-refractivity contribution in [2.45, 2.75) is 17.2 Å². The molecule has 0 saturated heterocycles. The molecular formula is C14H13NO3S2. The second-order valence-electron chi connectivity index (χ2n) is 4.51. The summed E-state index contributed by atoms with van der Waals surface area (Å²) < 4.78 is 30.4. The number of ether oxygens (including phenoxy) is 1. The van der Waals surface area contributed by atoms with Crippen molar-refractivity contribution in [3.63, 3.8) is 0 Å². The molecular weight excluding hydrogens is 294 g/mol. The fourth-order valence-electron chi connectivity index (χ4n) is 2.14. The van der Waals surface area contributed by atoms with Crippen LogP contribution in [0.25, 0.3) is 0 Å². The fraction of sp³-hybridized carbons (Fsp3) is 0.214. The van der Waals surface area contributed by atoms with E-state index in [2.05, 4.69) is 4.99 Å². The van der Waals surface area contributed by atoms with E-state index in [0.717, 1.165) is 10.4 Å². The minimum Gasteiger partial charge on any atom is -0.471 e. The maximum atomic E-state index is 12.5. The third kappa shape index (κ3) is 2.62. The van der Waals surface area contributed by atoms with Crippen LogP contribution in [0.1, 0.15) is 16.5 Å². The molecule has 0 N–H and O–H groups in total. The number of hydrogen-bond acceptors (Lipinski definition) is 5. The van der Waals surface area contributed by atoms with Gasteiger partial charge in [0.05, 0.1) is 5.75 Å². The van der Waals surface area contributed by atoms with Crippen molar-refractivity contribution in [2.75, 3.05) is 0 Å². The van der Waals surface area contributed by atoms with Gasteiger partial charge in [0.1, 0.15) is 0 Å². The van der Waals surface area contributed by atoms with E-state index in [1.807, 2.05) is 35.7 Å². The van der Waals surface area contributed by atoms with Crippen LogP contribution in [0.3, 0.4) is 0 Å². The number of aliphatic imine (C=N–C) groups is 1. The molecule has 6 heteroatoms. The van der Waals surface area contributed by atoms with Crippen molar-refractivity contribution in [2.24, 2.45) is 4.99 Å². The first kappa shape index (κ1) is 13.3. The molecule has 0 amide bonds. The third-order valence-electron chi connectivity index (χ3n) is 3.08. The molecule has 104 valence electrons. The maximum absolute atomic E-state index is 12.5. The highest BCUT2D eigenvalue weighted by Gasteiger charge is 2.38. The van der Waals surface area contributed by atoms with E-state index in [1.165, 1.54) is 17.7 Å². The van der Waals surface area contributed by atoms with Gasteiger partial charge < -0.3 is 4.74 Å². The van der Waals surface area contributed by atoms with Crippen LogP contribution in [0, 0.1) is 0 Å². The lowest BCUT2D eigenvalue weighted by Crippen LogP contribution is -2.25. The summed E-state index contributed by atoms with van der Waals surface area (Å²) in [7, 11) is -3.40. The summed E-state index contributed by atoms with van der Waals surface area (Å²) in [5.41, 5.74) is 0.763. The molecule has 0 radical (unpaired) electrons. The molecule has 20 heavy (non-hydrogen) atoms. The number of benzene rings is 1. The SMILES string of the molecule is O=S(=O)(Cc1ccccc1)[C@H]1N=CO[C@H]1c1cccs1. The first-order valence-corrected chi connectivity index (χ1v) is 8.72. The summed E-state index contributed by atoms with van der Waals surface area (Å²) in [5, 5.41) is 1.04. The van der Waals surface area contributed by atoms with Gasteiger partial charge in [0.15, 0.2) is 27.7 Å². The molecule has 1 aliphatic heterocycles. The van der Waals surface area contributed by atoms with Crippen molar-refractivity contribution in [1.29, 1.82) is 0 Å². The summed E-state index contributed by atoms with van der Waals surface area (Å²) in [5.74, 6) is -0.0267. The van der Waals surface area contributed by atoms with Crippen LogP contribution < -0.4 is 0 Å². The second-order valence-corrected chi connectivity index (χ2v) is 7.59.